The Balaban J connectivity index is 1.93. The van der Waals surface area contributed by atoms with Crippen LogP contribution in [-0.4, -0.2) is 28.5 Å². The highest BCUT2D eigenvalue weighted by Gasteiger charge is 2.24. The van der Waals surface area contributed by atoms with Crippen LogP contribution in [0.1, 0.15) is 38.4 Å². The number of anilines is 1. The third-order valence-corrected chi connectivity index (χ3v) is 3.83. The van der Waals surface area contributed by atoms with E-state index in [0.29, 0.717) is 6.54 Å². The van der Waals surface area contributed by atoms with E-state index in [-0.39, 0.29) is 17.2 Å². The van der Waals surface area contributed by atoms with Crippen molar-refractivity contribution < 1.29 is 14.7 Å². The first-order valence-corrected chi connectivity index (χ1v) is 7.17. The van der Waals surface area contributed by atoms with Gasteiger partial charge >= 0.3 is 5.97 Å². The van der Waals surface area contributed by atoms with E-state index >= 15 is 0 Å². The molecular weight excluding hydrogens is 280 g/mol. The number of nitrogens with zero attached hydrogens (tertiary/aromatic N) is 2. The van der Waals surface area contributed by atoms with Crippen molar-refractivity contribution >= 4 is 17.6 Å². The highest BCUT2D eigenvalue weighted by atomic mass is 16.4. The van der Waals surface area contributed by atoms with Gasteiger partial charge in [-0.1, -0.05) is 12.1 Å². The molecule has 0 saturated heterocycles. The minimum atomic E-state index is -1.05. The summed E-state index contributed by atoms with van der Waals surface area (Å²) in [7, 11) is 0. The molecule has 0 spiro atoms. The van der Waals surface area contributed by atoms with Gasteiger partial charge in [-0.2, -0.15) is 0 Å². The van der Waals surface area contributed by atoms with Gasteiger partial charge in [-0.15, -0.1) is 0 Å². The van der Waals surface area contributed by atoms with E-state index in [0.717, 1.165) is 29.7 Å². The van der Waals surface area contributed by atoms with Crippen LogP contribution in [0.5, 0.6) is 0 Å². The average molecular weight is 296 g/mol. The fraction of sp³-hybridized carbons (Fsp3) is 0.235. The number of aromatic nitrogens is 1. The highest BCUT2D eigenvalue weighted by molar-refractivity contribution is 6.05. The number of rotatable bonds is 2. The predicted molar refractivity (Wildman–Crippen MR) is 82.4 cm³/mol. The maximum Gasteiger partial charge on any atom is 0.337 e. The van der Waals surface area contributed by atoms with Crippen LogP contribution in [0.25, 0.3) is 0 Å². The Bertz CT molecular complexity index is 738. The van der Waals surface area contributed by atoms with Crippen molar-refractivity contribution in [1.29, 1.82) is 0 Å². The molecule has 1 aliphatic rings. The van der Waals surface area contributed by atoms with Gasteiger partial charge in [0.25, 0.3) is 5.91 Å². The summed E-state index contributed by atoms with van der Waals surface area (Å²) < 4.78 is 0. The monoisotopic (exact) mass is 296 g/mol. The summed E-state index contributed by atoms with van der Waals surface area (Å²) in [5.74, 6) is -1.24. The molecule has 1 aliphatic heterocycles. The molecule has 22 heavy (non-hydrogen) atoms. The molecule has 0 saturated carbocycles. The SMILES string of the molecule is Cc1ccc2c(c1)N(C(=O)c1ccc(C(=O)O)cn1)CCC2. The molecule has 1 aromatic heterocycles. The third kappa shape index (κ3) is 2.57. The average Bonchev–Trinajstić information content (AvgIpc) is 2.53. The van der Waals surface area contributed by atoms with Crippen molar-refractivity contribution in [1.82, 2.24) is 4.98 Å². The molecule has 3 rings (SSSR count). The lowest BCUT2D eigenvalue weighted by molar-refractivity contribution is 0.0695. The van der Waals surface area contributed by atoms with E-state index < -0.39 is 5.97 Å². The van der Waals surface area contributed by atoms with E-state index in [1.807, 2.05) is 19.1 Å². The second-order valence-corrected chi connectivity index (χ2v) is 5.43. The number of hydrogen-bond donors (Lipinski definition) is 1. The number of fused-ring (bicyclic) bond motifs is 1. The summed E-state index contributed by atoms with van der Waals surface area (Å²) in [6, 6.07) is 9.00. The molecule has 1 amide bonds. The lowest BCUT2D eigenvalue weighted by Crippen LogP contribution is -2.36. The van der Waals surface area contributed by atoms with Gasteiger partial charge in [0.15, 0.2) is 0 Å². The topological polar surface area (TPSA) is 70.5 Å². The number of carboxylic acid groups (broad SMARTS) is 1. The number of hydrogen-bond acceptors (Lipinski definition) is 3. The Kier molecular flexibility index (Phi) is 3.63. The normalized spacial score (nSPS) is 13.6. The number of carboxylic acids is 1. The maximum absolute atomic E-state index is 12.7. The molecule has 112 valence electrons. The standard InChI is InChI=1S/C17H16N2O3/c1-11-4-5-12-3-2-8-19(15(12)9-11)16(20)14-7-6-13(10-18-14)17(21)22/h4-7,9-10H,2-3,8H2,1H3,(H,21,22). The molecule has 0 aliphatic carbocycles. The van der Waals surface area contributed by atoms with Gasteiger partial charge in [0.1, 0.15) is 5.69 Å². The summed E-state index contributed by atoms with van der Waals surface area (Å²) in [5, 5.41) is 8.89. The first-order chi connectivity index (χ1) is 10.6. The van der Waals surface area contributed by atoms with E-state index in [1.165, 1.54) is 18.3 Å². The van der Waals surface area contributed by atoms with E-state index in [1.54, 1.807) is 4.90 Å². The lowest BCUT2D eigenvalue weighted by Gasteiger charge is -2.29. The summed E-state index contributed by atoms with van der Waals surface area (Å²) >= 11 is 0. The number of benzene rings is 1. The molecule has 0 unspecified atom stereocenters. The van der Waals surface area contributed by atoms with Gasteiger partial charge in [0.05, 0.1) is 5.56 Å². The zero-order valence-corrected chi connectivity index (χ0v) is 12.2. The van der Waals surface area contributed by atoms with Gasteiger partial charge in [0.2, 0.25) is 0 Å². The molecule has 2 aromatic rings. The van der Waals surface area contributed by atoms with Crippen molar-refractivity contribution in [2.24, 2.45) is 0 Å². The maximum atomic E-state index is 12.7. The fourth-order valence-corrected chi connectivity index (χ4v) is 2.68. The highest BCUT2D eigenvalue weighted by Crippen LogP contribution is 2.29. The Morgan fingerprint density at radius 1 is 1.23 bits per heavy atom. The summed E-state index contributed by atoms with van der Waals surface area (Å²) in [6.07, 6.45) is 3.09. The number of amides is 1. The smallest absolute Gasteiger partial charge is 0.337 e. The van der Waals surface area contributed by atoms with Gasteiger partial charge in [-0.25, -0.2) is 4.79 Å². The zero-order chi connectivity index (χ0) is 15.7. The molecular formula is C17H16N2O3. The first-order valence-electron chi connectivity index (χ1n) is 7.17. The second-order valence-electron chi connectivity index (χ2n) is 5.43. The van der Waals surface area contributed by atoms with Crippen LogP contribution in [0.15, 0.2) is 36.5 Å². The number of aryl methyl sites for hydroxylation is 2. The van der Waals surface area contributed by atoms with Crippen molar-refractivity contribution in [3.63, 3.8) is 0 Å². The van der Waals surface area contributed by atoms with Gasteiger partial charge in [0, 0.05) is 18.4 Å². The molecule has 5 nitrogen and oxygen atoms in total. The molecule has 1 N–H and O–H groups in total. The van der Waals surface area contributed by atoms with E-state index in [9.17, 15) is 9.59 Å². The van der Waals surface area contributed by atoms with Crippen molar-refractivity contribution in [2.45, 2.75) is 19.8 Å². The third-order valence-electron chi connectivity index (χ3n) is 3.83. The largest absolute Gasteiger partial charge is 0.478 e. The van der Waals surface area contributed by atoms with Crippen LogP contribution in [-0.2, 0) is 6.42 Å². The molecule has 0 atom stereocenters. The van der Waals surface area contributed by atoms with Crippen molar-refractivity contribution in [3.05, 3.63) is 58.9 Å². The summed E-state index contributed by atoms with van der Waals surface area (Å²) in [5.41, 5.74) is 3.53. The first kappa shape index (κ1) is 14.3. The van der Waals surface area contributed by atoms with Crippen LogP contribution < -0.4 is 4.90 Å². The predicted octanol–water partition coefficient (Wildman–Crippen LogP) is 2.68. The second kappa shape index (κ2) is 5.60. The number of carbonyl (C=O) groups is 2. The Morgan fingerprint density at radius 3 is 2.73 bits per heavy atom. The quantitative estimate of drug-likeness (QED) is 0.925. The minimum absolute atomic E-state index is 0.0754. The van der Waals surface area contributed by atoms with Gasteiger partial charge in [-0.3, -0.25) is 9.78 Å². The zero-order valence-electron chi connectivity index (χ0n) is 12.2. The van der Waals surface area contributed by atoms with Crippen LogP contribution in [0.4, 0.5) is 5.69 Å². The van der Waals surface area contributed by atoms with Crippen molar-refractivity contribution in [2.75, 3.05) is 11.4 Å². The van der Waals surface area contributed by atoms with Gasteiger partial charge < -0.3 is 10.0 Å². The Labute approximate surface area is 128 Å². The molecule has 1 aromatic carbocycles. The van der Waals surface area contributed by atoms with Crippen LogP contribution in [0.2, 0.25) is 0 Å². The molecule has 0 bridgehead atoms. The van der Waals surface area contributed by atoms with Crippen molar-refractivity contribution in [3.8, 4) is 0 Å². The molecule has 5 heteroatoms. The molecule has 2 heterocycles. The number of aromatic carboxylic acids is 1. The number of carbonyl (C=O) groups excluding carboxylic acids is 1. The van der Waals surface area contributed by atoms with Crippen LogP contribution in [0, 0.1) is 6.92 Å². The Morgan fingerprint density at radius 2 is 2.05 bits per heavy atom. The minimum Gasteiger partial charge on any atom is -0.478 e. The van der Waals surface area contributed by atoms with E-state index in [2.05, 4.69) is 11.1 Å². The van der Waals surface area contributed by atoms with E-state index in [4.69, 9.17) is 5.11 Å². The summed E-state index contributed by atoms with van der Waals surface area (Å²) in [4.78, 5) is 29.2. The lowest BCUT2D eigenvalue weighted by atomic mass is 9.99. The number of pyridine rings is 1. The van der Waals surface area contributed by atoms with Gasteiger partial charge in [-0.05, 0) is 49.1 Å². The Hall–Kier alpha value is -2.69. The van der Waals surface area contributed by atoms with Crippen LogP contribution in [0.3, 0.4) is 0 Å². The molecule has 0 radical (unpaired) electrons. The molecule has 0 fully saturated rings. The van der Waals surface area contributed by atoms with Crippen LogP contribution >= 0.6 is 0 Å². The summed E-state index contributed by atoms with van der Waals surface area (Å²) in [6.45, 7) is 2.65. The fourth-order valence-electron chi connectivity index (χ4n) is 2.68.